The van der Waals surface area contributed by atoms with Gasteiger partial charge in [0.15, 0.2) is 0 Å². The summed E-state index contributed by atoms with van der Waals surface area (Å²) >= 11 is 0. The normalized spacial score (nSPS) is 10.7. The number of pyridine rings is 1. The number of hydrogen-bond acceptors (Lipinski definition) is 2. The third kappa shape index (κ3) is 4.01. The molecule has 0 aliphatic rings. The van der Waals surface area contributed by atoms with Crippen molar-refractivity contribution >= 4 is 22.5 Å². The third-order valence-corrected chi connectivity index (χ3v) is 4.37. The summed E-state index contributed by atoms with van der Waals surface area (Å²) in [5, 5.41) is 3.86. The number of carbonyl (C=O) groups excluding carboxylic acids is 1. The average Bonchev–Trinajstić information content (AvgIpc) is 2.70. The summed E-state index contributed by atoms with van der Waals surface area (Å²) in [5.41, 5.74) is 4.55. The number of para-hydroxylation sites is 1. The molecular weight excluding hydrogens is 339 g/mol. The third-order valence-electron chi connectivity index (χ3n) is 4.37. The zero-order chi connectivity index (χ0) is 18.6. The quantitative estimate of drug-likeness (QED) is 0.544. The Balaban J connectivity index is 1.46. The second-order valence-electron chi connectivity index (χ2n) is 6.35. The van der Waals surface area contributed by atoms with Crippen LogP contribution in [-0.2, 0) is 11.2 Å². The van der Waals surface area contributed by atoms with Gasteiger partial charge in [-0.3, -0.25) is 9.78 Å². The number of anilines is 1. The lowest BCUT2D eigenvalue weighted by atomic mass is 10.0. The smallest absolute Gasteiger partial charge is 0.228 e. The highest BCUT2D eigenvalue weighted by Gasteiger charge is 2.06. The van der Waals surface area contributed by atoms with E-state index in [4.69, 9.17) is 0 Å². The molecule has 4 aromatic rings. The standard InChI is InChI=1S/C23H17FN2O/c24-20-9-11-21(12-10-20)26-23(27)13-16-5-7-17(8-6-16)19-14-18-3-1-2-4-22(18)25-15-19/h1-12,14-15H,13H2,(H,26,27). The minimum atomic E-state index is -0.327. The van der Waals surface area contributed by atoms with Gasteiger partial charge in [-0.25, -0.2) is 4.39 Å². The number of carbonyl (C=O) groups is 1. The molecule has 4 rings (SSSR count). The zero-order valence-electron chi connectivity index (χ0n) is 14.5. The van der Waals surface area contributed by atoms with Crippen LogP contribution in [-0.4, -0.2) is 10.9 Å². The number of halogens is 1. The molecule has 0 fully saturated rings. The van der Waals surface area contributed by atoms with Crippen molar-refractivity contribution in [3.8, 4) is 11.1 Å². The molecule has 0 aliphatic heterocycles. The number of nitrogens with zero attached hydrogens (tertiary/aromatic N) is 1. The molecule has 0 atom stereocenters. The predicted octanol–water partition coefficient (Wildman–Crippen LogP) is 5.22. The largest absolute Gasteiger partial charge is 0.326 e. The molecule has 0 saturated carbocycles. The van der Waals surface area contributed by atoms with E-state index in [1.165, 1.54) is 12.1 Å². The number of nitrogens with one attached hydrogen (secondary N) is 1. The van der Waals surface area contributed by atoms with Crippen molar-refractivity contribution in [2.24, 2.45) is 0 Å². The number of amides is 1. The van der Waals surface area contributed by atoms with E-state index in [-0.39, 0.29) is 18.1 Å². The fraction of sp³-hybridized carbons (Fsp3) is 0.0435. The van der Waals surface area contributed by atoms with Crippen LogP contribution in [0.5, 0.6) is 0 Å². The number of rotatable bonds is 4. The monoisotopic (exact) mass is 356 g/mol. The number of fused-ring (bicyclic) bond motifs is 1. The summed E-state index contributed by atoms with van der Waals surface area (Å²) < 4.78 is 12.9. The van der Waals surface area contributed by atoms with Crippen molar-refractivity contribution < 1.29 is 9.18 Å². The number of hydrogen-bond donors (Lipinski definition) is 1. The van der Waals surface area contributed by atoms with Crippen molar-refractivity contribution in [2.45, 2.75) is 6.42 Å². The molecule has 0 saturated heterocycles. The first-order chi connectivity index (χ1) is 13.2. The molecule has 1 N–H and O–H groups in total. The highest BCUT2D eigenvalue weighted by Crippen LogP contribution is 2.23. The average molecular weight is 356 g/mol. The summed E-state index contributed by atoms with van der Waals surface area (Å²) in [6.07, 6.45) is 2.12. The van der Waals surface area contributed by atoms with Gasteiger partial charge in [-0.15, -0.1) is 0 Å². The lowest BCUT2D eigenvalue weighted by Crippen LogP contribution is -2.14. The Labute approximate surface area is 156 Å². The highest BCUT2D eigenvalue weighted by molar-refractivity contribution is 5.92. The van der Waals surface area contributed by atoms with E-state index in [9.17, 15) is 9.18 Å². The molecule has 0 spiro atoms. The van der Waals surface area contributed by atoms with Crippen LogP contribution in [0.2, 0.25) is 0 Å². The van der Waals surface area contributed by atoms with Crippen LogP contribution in [0.25, 0.3) is 22.0 Å². The molecule has 132 valence electrons. The molecule has 1 amide bonds. The van der Waals surface area contributed by atoms with Crippen LogP contribution >= 0.6 is 0 Å². The van der Waals surface area contributed by atoms with Gasteiger partial charge in [0.25, 0.3) is 0 Å². The molecule has 3 aromatic carbocycles. The Bertz CT molecular complexity index is 1090. The Kier molecular flexibility index (Phi) is 4.62. The van der Waals surface area contributed by atoms with Gasteiger partial charge in [0, 0.05) is 22.8 Å². The Morgan fingerprint density at radius 2 is 1.63 bits per heavy atom. The molecular formula is C23H17FN2O. The molecule has 3 nitrogen and oxygen atoms in total. The van der Waals surface area contributed by atoms with E-state index < -0.39 is 0 Å². The Morgan fingerprint density at radius 3 is 2.41 bits per heavy atom. The molecule has 0 aliphatic carbocycles. The van der Waals surface area contributed by atoms with Crippen LogP contribution < -0.4 is 5.32 Å². The van der Waals surface area contributed by atoms with Crippen molar-refractivity contribution in [2.75, 3.05) is 5.32 Å². The van der Waals surface area contributed by atoms with Gasteiger partial charge >= 0.3 is 0 Å². The maximum Gasteiger partial charge on any atom is 0.228 e. The van der Waals surface area contributed by atoms with E-state index in [0.717, 1.165) is 27.6 Å². The molecule has 0 unspecified atom stereocenters. The first-order valence-corrected chi connectivity index (χ1v) is 8.67. The summed E-state index contributed by atoms with van der Waals surface area (Å²) in [4.78, 5) is 16.6. The van der Waals surface area contributed by atoms with Gasteiger partial charge < -0.3 is 5.32 Å². The van der Waals surface area contributed by atoms with Gasteiger partial charge in [-0.2, -0.15) is 0 Å². The maximum atomic E-state index is 12.9. The fourth-order valence-corrected chi connectivity index (χ4v) is 2.97. The SMILES string of the molecule is O=C(Cc1ccc(-c2cnc3ccccc3c2)cc1)Nc1ccc(F)cc1. The van der Waals surface area contributed by atoms with E-state index in [0.29, 0.717) is 5.69 Å². The first-order valence-electron chi connectivity index (χ1n) is 8.67. The van der Waals surface area contributed by atoms with Crippen molar-refractivity contribution in [3.63, 3.8) is 0 Å². The van der Waals surface area contributed by atoms with E-state index in [1.54, 1.807) is 12.1 Å². The van der Waals surface area contributed by atoms with Crippen LogP contribution in [0.3, 0.4) is 0 Å². The van der Waals surface area contributed by atoms with Crippen molar-refractivity contribution in [1.29, 1.82) is 0 Å². The summed E-state index contributed by atoms with van der Waals surface area (Å²) in [7, 11) is 0. The first kappa shape index (κ1) is 16.9. The van der Waals surface area contributed by atoms with Gasteiger partial charge in [0.05, 0.1) is 11.9 Å². The molecule has 4 heteroatoms. The Hall–Kier alpha value is -3.53. The predicted molar refractivity (Wildman–Crippen MR) is 106 cm³/mol. The molecule has 27 heavy (non-hydrogen) atoms. The highest BCUT2D eigenvalue weighted by atomic mass is 19.1. The van der Waals surface area contributed by atoms with E-state index in [2.05, 4.69) is 16.4 Å². The van der Waals surface area contributed by atoms with Gasteiger partial charge in [-0.1, -0.05) is 42.5 Å². The van der Waals surface area contributed by atoms with E-state index in [1.807, 2.05) is 54.7 Å². The lowest BCUT2D eigenvalue weighted by Gasteiger charge is -2.07. The summed E-state index contributed by atoms with van der Waals surface area (Å²) in [5.74, 6) is -0.464. The minimum Gasteiger partial charge on any atom is -0.326 e. The topological polar surface area (TPSA) is 42.0 Å². The fourth-order valence-electron chi connectivity index (χ4n) is 2.97. The van der Waals surface area contributed by atoms with Crippen LogP contribution in [0.15, 0.2) is 85.1 Å². The number of aromatic nitrogens is 1. The minimum absolute atomic E-state index is 0.137. The zero-order valence-corrected chi connectivity index (χ0v) is 14.5. The maximum absolute atomic E-state index is 12.9. The van der Waals surface area contributed by atoms with Crippen molar-refractivity contribution in [3.05, 3.63) is 96.4 Å². The lowest BCUT2D eigenvalue weighted by molar-refractivity contribution is -0.115. The van der Waals surface area contributed by atoms with Gasteiger partial charge in [0.1, 0.15) is 5.82 Å². The molecule has 1 heterocycles. The Morgan fingerprint density at radius 1 is 0.889 bits per heavy atom. The second-order valence-corrected chi connectivity index (χ2v) is 6.35. The number of benzene rings is 3. The summed E-state index contributed by atoms with van der Waals surface area (Å²) in [6.45, 7) is 0. The van der Waals surface area contributed by atoms with Crippen molar-refractivity contribution in [1.82, 2.24) is 4.98 Å². The summed E-state index contributed by atoms with van der Waals surface area (Å²) in [6, 6.07) is 23.7. The van der Waals surface area contributed by atoms with Crippen LogP contribution in [0, 0.1) is 5.82 Å². The molecule has 1 aromatic heterocycles. The molecule has 0 radical (unpaired) electrons. The van der Waals surface area contributed by atoms with Gasteiger partial charge in [0.2, 0.25) is 5.91 Å². The second kappa shape index (κ2) is 7.38. The molecule has 0 bridgehead atoms. The van der Waals surface area contributed by atoms with Crippen LogP contribution in [0.4, 0.5) is 10.1 Å². The van der Waals surface area contributed by atoms with E-state index >= 15 is 0 Å². The van der Waals surface area contributed by atoms with Gasteiger partial charge in [-0.05, 0) is 47.5 Å². The van der Waals surface area contributed by atoms with Crippen LogP contribution in [0.1, 0.15) is 5.56 Å².